The SMILES string of the molecule is CCCCCCC/C=C\C/C=C\C/C=C\CCCCCCCCCCC(=O)OC(COC(=O)CCCCCCCCCC)COC(=O)CCCCCCCCCCCCCCCCCCCCCCCCCCCC. The molecule has 0 aliphatic carbocycles. The Morgan fingerprint density at radius 2 is 0.480 bits per heavy atom. The van der Waals surface area contributed by atoms with Crippen molar-refractivity contribution in [2.45, 2.75) is 374 Å². The van der Waals surface area contributed by atoms with Crippen LogP contribution in [-0.2, 0) is 28.6 Å². The maximum absolute atomic E-state index is 12.9. The fourth-order valence-electron chi connectivity index (χ4n) is 10.1. The summed E-state index contributed by atoms with van der Waals surface area (Å²) in [6.07, 6.45) is 79.0. The van der Waals surface area contributed by atoms with E-state index in [2.05, 4.69) is 57.2 Å². The lowest BCUT2D eigenvalue weighted by Crippen LogP contribution is -2.30. The average molecular weight is 1050 g/mol. The van der Waals surface area contributed by atoms with Crippen LogP contribution in [0.25, 0.3) is 0 Å². The van der Waals surface area contributed by atoms with Crippen LogP contribution in [0.4, 0.5) is 0 Å². The fraction of sp³-hybridized carbons (Fsp3) is 0.870. The molecular formula is C69H128O6. The van der Waals surface area contributed by atoms with Crippen LogP contribution < -0.4 is 0 Å². The molecule has 0 aliphatic heterocycles. The molecule has 6 nitrogen and oxygen atoms in total. The van der Waals surface area contributed by atoms with Crippen LogP contribution in [0.2, 0.25) is 0 Å². The van der Waals surface area contributed by atoms with Crippen molar-refractivity contribution in [3.8, 4) is 0 Å². The summed E-state index contributed by atoms with van der Waals surface area (Å²) < 4.78 is 16.9. The Labute approximate surface area is 467 Å². The summed E-state index contributed by atoms with van der Waals surface area (Å²) in [5.41, 5.74) is 0. The van der Waals surface area contributed by atoms with Gasteiger partial charge in [-0.3, -0.25) is 14.4 Å². The van der Waals surface area contributed by atoms with Crippen molar-refractivity contribution in [2.24, 2.45) is 0 Å². The van der Waals surface area contributed by atoms with Crippen molar-refractivity contribution in [1.82, 2.24) is 0 Å². The first-order valence-corrected chi connectivity index (χ1v) is 33.5. The van der Waals surface area contributed by atoms with E-state index in [9.17, 15) is 14.4 Å². The van der Waals surface area contributed by atoms with E-state index in [0.29, 0.717) is 19.3 Å². The molecule has 0 spiro atoms. The zero-order chi connectivity index (χ0) is 54.3. The number of esters is 3. The standard InChI is InChI=1S/C69H128O6/c1-4-7-10-13-16-19-21-23-25-27-29-31-33-34-35-37-38-40-42-44-46-48-50-53-56-59-62-68(71)74-65-66(64-73-67(70)61-58-55-52-18-15-12-9-6-3)75-69(72)63-60-57-54-51-49-47-45-43-41-39-36-32-30-28-26-24-22-20-17-14-11-8-5-2/h22,24,28,30,36,39,66H,4-21,23,25-27,29,31-35,37-38,40-65H2,1-3H3/b24-22-,30-28-,39-36-. The van der Waals surface area contributed by atoms with Crippen molar-refractivity contribution in [1.29, 1.82) is 0 Å². The molecule has 0 bridgehead atoms. The Morgan fingerprint density at radius 3 is 0.747 bits per heavy atom. The van der Waals surface area contributed by atoms with E-state index in [0.717, 1.165) is 77.0 Å². The number of allylic oxidation sites excluding steroid dienone is 6. The number of hydrogen-bond donors (Lipinski definition) is 0. The third-order valence-corrected chi connectivity index (χ3v) is 15.1. The van der Waals surface area contributed by atoms with Gasteiger partial charge in [-0.25, -0.2) is 0 Å². The minimum atomic E-state index is -0.772. The normalized spacial score (nSPS) is 12.2. The number of carbonyl (C=O) groups excluding carboxylic acids is 3. The summed E-state index contributed by atoms with van der Waals surface area (Å²) in [6.45, 7) is 6.65. The molecule has 0 rings (SSSR count). The van der Waals surface area contributed by atoms with Crippen LogP contribution in [0.15, 0.2) is 36.5 Å². The molecule has 0 aromatic carbocycles. The van der Waals surface area contributed by atoms with E-state index in [1.54, 1.807) is 0 Å². The molecule has 0 N–H and O–H groups in total. The molecule has 0 heterocycles. The fourth-order valence-corrected chi connectivity index (χ4v) is 10.1. The second-order valence-electron chi connectivity index (χ2n) is 22.7. The zero-order valence-corrected chi connectivity index (χ0v) is 50.6. The van der Waals surface area contributed by atoms with Crippen molar-refractivity contribution < 1.29 is 28.6 Å². The number of unbranched alkanes of at least 4 members (excludes halogenated alkanes) is 45. The Hall–Kier alpha value is -2.37. The van der Waals surface area contributed by atoms with E-state index >= 15 is 0 Å². The van der Waals surface area contributed by atoms with Gasteiger partial charge in [0.2, 0.25) is 0 Å². The molecule has 0 aliphatic rings. The largest absolute Gasteiger partial charge is 0.462 e. The van der Waals surface area contributed by atoms with E-state index in [-0.39, 0.29) is 31.1 Å². The highest BCUT2D eigenvalue weighted by atomic mass is 16.6. The Balaban J connectivity index is 4.12. The summed E-state index contributed by atoms with van der Waals surface area (Å²) in [6, 6.07) is 0. The van der Waals surface area contributed by atoms with Gasteiger partial charge in [-0.2, -0.15) is 0 Å². The molecule has 0 saturated carbocycles. The lowest BCUT2D eigenvalue weighted by molar-refractivity contribution is -0.167. The zero-order valence-electron chi connectivity index (χ0n) is 50.6. The summed E-state index contributed by atoms with van der Waals surface area (Å²) >= 11 is 0. The van der Waals surface area contributed by atoms with Crippen LogP contribution in [0, 0.1) is 0 Å². The van der Waals surface area contributed by atoms with Gasteiger partial charge in [0, 0.05) is 19.3 Å². The van der Waals surface area contributed by atoms with Crippen LogP contribution in [0.5, 0.6) is 0 Å². The molecule has 1 unspecified atom stereocenters. The third kappa shape index (κ3) is 62.4. The van der Waals surface area contributed by atoms with E-state index < -0.39 is 6.10 Å². The molecule has 440 valence electrons. The minimum Gasteiger partial charge on any atom is -0.462 e. The molecule has 0 saturated heterocycles. The molecular weight excluding hydrogens is 925 g/mol. The van der Waals surface area contributed by atoms with E-state index in [1.165, 1.54) is 250 Å². The first-order valence-electron chi connectivity index (χ1n) is 33.5. The average Bonchev–Trinajstić information content (AvgIpc) is 3.41. The third-order valence-electron chi connectivity index (χ3n) is 15.1. The van der Waals surface area contributed by atoms with Gasteiger partial charge >= 0.3 is 17.9 Å². The molecule has 6 heteroatoms. The Bertz CT molecular complexity index is 1250. The van der Waals surface area contributed by atoms with Gasteiger partial charge < -0.3 is 14.2 Å². The van der Waals surface area contributed by atoms with Gasteiger partial charge in [-0.15, -0.1) is 0 Å². The van der Waals surface area contributed by atoms with Crippen molar-refractivity contribution in [3.05, 3.63) is 36.5 Å². The molecule has 0 radical (unpaired) electrons. The van der Waals surface area contributed by atoms with E-state index in [1.807, 2.05) is 0 Å². The van der Waals surface area contributed by atoms with Gasteiger partial charge in [-0.05, 0) is 57.8 Å². The molecule has 0 fully saturated rings. The van der Waals surface area contributed by atoms with Crippen LogP contribution in [-0.4, -0.2) is 37.2 Å². The number of ether oxygens (including phenoxy) is 3. The number of rotatable bonds is 62. The van der Waals surface area contributed by atoms with Crippen molar-refractivity contribution in [2.75, 3.05) is 13.2 Å². The predicted molar refractivity (Wildman–Crippen MR) is 326 cm³/mol. The molecule has 0 amide bonds. The second-order valence-corrected chi connectivity index (χ2v) is 22.7. The quantitative estimate of drug-likeness (QED) is 0.0261. The second kappa shape index (κ2) is 64.2. The number of hydrogen-bond acceptors (Lipinski definition) is 6. The maximum atomic E-state index is 12.9. The lowest BCUT2D eigenvalue weighted by atomic mass is 10.0. The van der Waals surface area contributed by atoms with Gasteiger partial charge in [0.15, 0.2) is 6.10 Å². The number of carbonyl (C=O) groups is 3. The molecule has 75 heavy (non-hydrogen) atoms. The monoisotopic (exact) mass is 1050 g/mol. The first kappa shape index (κ1) is 72.6. The van der Waals surface area contributed by atoms with Crippen molar-refractivity contribution >= 4 is 17.9 Å². The Morgan fingerprint density at radius 1 is 0.267 bits per heavy atom. The topological polar surface area (TPSA) is 78.9 Å². The van der Waals surface area contributed by atoms with Crippen LogP contribution >= 0.6 is 0 Å². The summed E-state index contributed by atoms with van der Waals surface area (Å²) in [5, 5.41) is 0. The molecule has 1 atom stereocenters. The minimum absolute atomic E-state index is 0.0703. The summed E-state index contributed by atoms with van der Waals surface area (Å²) in [7, 11) is 0. The Kier molecular flexibility index (Phi) is 62.1. The van der Waals surface area contributed by atoms with Crippen LogP contribution in [0.3, 0.4) is 0 Å². The highest BCUT2D eigenvalue weighted by Gasteiger charge is 2.19. The molecule has 0 aromatic heterocycles. The van der Waals surface area contributed by atoms with Crippen molar-refractivity contribution in [3.63, 3.8) is 0 Å². The lowest BCUT2D eigenvalue weighted by Gasteiger charge is -2.18. The van der Waals surface area contributed by atoms with Gasteiger partial charge in [0.1, 0.15) is 13.2 Å². The highest BCUT2D eigenvalue weighted by molar-refractivity contribution is 5.71. The smallest absolute Gasteiger partial charge is 0.306 e. The van der Waals surface area contributed by atoms with Gasteiger partial charge in [0.05, 0.1) is 0 Å². The summed E-state index contributed by atoms with van der Waals surface area (Å²) in [4.78, 5) is 38.2. The summed E-state index contributed by atoms with van der Waals surface area (Å²) in [5.74, 6) is -0.859. The predicted octanol–water partition coefficient (Wildman–Crippen LogP) is 22.8. The molecule has 0 aromatic rings. The van der Waals surface area contributed by atoms with Gasteiger partial charge in [-0.1, -0.05) is 327 Å². The highest BCUT2D eigenvalue weighted by Crippen LogP contribution is 2.18. The van der Waals surface area contributed by atoms with Crippen LogP contribution in [0.1, 0.15) is 367 Å². The maximum Gasteiger partial charge on any atom is 0.306 e. The van der Waals surface area contributed by atoms with Gasteiger partial charge in [0.25, 0.3) is 0 Å². The first-order chi connectivity index (χ1) is 37.0. The van der Waals surface area contributed by atoms with E-state index in [4.69, 9.17) is 14.2 Å².